The molecule has 4 heteroatoms. The lowest BCUT2D eigenvalue weighted by atomic mass is 10.2. The van der Waals surface area contributed by atoms with E-state index in [-0.39, 0.29) is 11.9 Å². The minimum Gasteiger partial charge on any atom is -0.358 e. The van der Waals surface area contributed by atoms with E-state index in [4.69, 9.17) is 0 Å². The summed E-state index contributed by atoms with van der Waals surface area (Å²) in [4.78, 5) is 17.8. The molecule has 1 unspecified atom stereocenters. The number of carbonyl (C=O) groups is 1. The fraction of sp³-hybridized carbons (Fsp3) is 0.455. The topological polar surface area (TPSA) is 45.2 Å². The molecule has 80 valence electrons. The van der Waals surface area contributed by atoms with E-state index in [9.17, 15) is 4.79 Å². The van der Waals surface area contributed by atoms with E-state index < -0.39 is 0 Å². The Balaban J connectivity index is 2.18. The summed E-state index contributed by atoms with van der Waals surface area (Å²) in [6.07, 6.45) is 5.54. The van der Waals surface area contributed by atoms with Crippen molar-refractivity contribution in [1.82, 2.24) is 10.3 Å². The summed E-state index contributed by atoms with van der Waals surface area (Å²) in [5.74, 6) is 0.0938. The molecule has 0 radical (unpaired) electrons. The summed E-state index contributed by atoms with van der Waals surface area (Å²) in [7, 11) is 1.68. The van der Waals surface area contributed by atoms with Crippen molar-refractivity contribution in [3.63, 3.8) is 0 Å². The molecule has 1 N–H and O–H groups in total. The molecule has 4 nitrogen and oxygen atoms in total. The fourth-order valence-electron chi connectivity index (χ4n) is 2.04. The molecule has 0 saturated carbocycles. The monoisotopic (exact) mass is 205 g/mol. The third-order valence-electron chi connectivity index (χ3n) is 2.78. The van der Waals surface area contributed by atoms with Crippen molar-refractivity contribution in [2.75, 3.05) is 18.5 Å². The van der Waals surface area contributed by atoms with Gasteiger partial charge < -0.3 is 10.2 Å². The van der Waals surface area contributed by atoms with Crippen LogP contribution in [0, 0.1) is 0 Å². The molecule has 1 atom stereocenters. The number of hydrogen-bond acceptors (Lipinski definition) is 3. The van der Waals surface area contributed by atoms with Gasteiger partial charge in [0.25, 0.3) is 0 Å². The molecular formula is C11H15N3O. The first-order valence-electron chi connectivity index (χ1n) is 5.21. The lowest BCUT2D eigenvalue weighted by Crippen LogP contribution is -2.42. The van der Waals surface area contributed by atoms with Crippen molar-refractivity contribution in [1.29, 1.82) is 0 Å². The van der Waals surface area contributed by atoms with Crippen molar-refractivity contribution >= 4 is 11.6 Å². The number of nitrogens with one attached hydrogen (secondary N) is 1. The van der Waals surface area contributed by atoms with Gasteiger partial charge in [0.15, 0.2) is 0 Å². The van der Waals surface area contributed by atoms with E-state index in [2.05, 4.69) is 15.2 Å². The van der Waals surface area contributed by atoms with Gasteiger partial charge in [-0.3, -0.25) is 9.78 Å². The second kappa shape index (κ2) is 4.29. The van der Waals surface area contributed by atoms with Crippen LogP contribution in [0.3, 0.4) is 0 Å². The van der Waals surface area contributed by atoms with Crippen LogP contribution in [0.15, 0.2) is 24.5 Å². The van der Waals surface area contributed by atoms with Crippen LogP contribution >= 0.6 is 0 Å². The normalized spacial score (nSPS) is 20.3. The molecule has 2 rings (SSSR count). The molecule has 1 aliphatic heterocycles. The van der Waals surface area contributed by atoms with Gasteiger partial charge in [0.2, 0.25) is 5.91 Å². The van der Waals surface area contributed by atoms with E-state index in [1.807, 2.05) is 12.1 Å². The molecule has 1 amide bonds. The number of likely N-dealkylation sites (N-methyl/N-ethyl adjacent to an activating group) is 1. The fourth-order valence-corrected chi connectivity index (χ4v) is 2.04. The zero-order chi connectivity index (χ0) is 10.7. The van der Waals surface area contributed by atoms with E-state index in [1.165, 1.54) is 0 Å². The number of hydrogen-bond donors (Lipinski definition) is 1. The van der Waals surface area contributed by atoms with Crippen molar-refractivity contribution < 1.29 is 4.79 Å². The summed E-state index contributed by atoms with van der Waals surface area (Å²) in [6, 6.07) is 3.86. The highest BCUT2D eigenvalue weighted by atomic mass is 16.2. The first-order chi connectivity index (χ1) is 7.33. The van der Waals surface area contributed by atoms with Gasteiger partial charge in [0, 0.05) is 19.8 Å². The predicted octanol–water partition coefficient (Wildman–Crippen LogP) is 0.796. The molecule has 0 spiro atoms. The molecule has 15 heavy (non-hydrogen) atoms. The van der Waals surface area contributed by atoms with Gasteiger partial charge in [0.05, 0.1) is 11.9 Å². The van der Waals surface area contributed by atoms with Gasteiger partial charge in [-0.05, 0) is 25.0 Å². The lowest BCUT2D eigenvalue weighted by Gasteiger charge is -2.24. The van der Waals surface area contributed by atoms with Gasteiger partial charge >= 0.3 is 0 Å². The number of amides is 1. The number of rotatable bonds is 2. The zero-order valence-electron chi connectivity index (χ0n) is 8.81. The van der Waals surface area contributed by atoms with Crippen molar-refractivity contribution in [2.45, 2.75) is 18.9 Å². The number of carbonyl (C=O) groups excluding carboxylic acids is 1. The van der Waals surface area contributed by atoms with E-state index >= 15 is 0 Å². The Kier molecular flexibility index (Phi) is 2.85. The quantitative estimate of drug-likeness (QED) is 0.776. The smallest absolute Gasteiger partial charge is 0.242 e. The molecule has 1 aromatic rings. The molecule has 1 aliphatic rings. The maximum atomic E-state index is 11.6. The van der Waals surface area contributed by atoms with Gasteiger partial charge in [-0.25, -0.2) is 0 Å². The predicted molar refractivity (Wildman–Crippen MR) is 58.7 cm³/mol. The second-order valence-corrected chi connectivity index (χ2v) is 3.68. The van der Waals surface area contributed by atoms with Gasteiger partial charge in [-0.2, -0.15) is 0 Å². The number of aromatic nitrogens is 1. The third kappa shape index (κ3) is 1.93. The summed E-state index contributed by atoms with van der Waals surface area (Å²) < 4.78 is 0. The van der Waals surface area contributed by atoms with Crippen LogP contribution in [0.1, 0.15) is 12.8 Å². The molecule has 0 aromatic carbocycles. The first kappa shape index (κ1) is 9.96. The number of nitrogens with zero attached hydrogens (tertiary/aromatic N) is 2. The van der Waals surface area contributed by atoms with Crippen LogP contribution in [-0.4, -0.2) is 30.5 Å². The first-order valence-corrected chi connectivity index (χ1v) is 5.21. The molecular weight excluding hydrogens is 190 g/mol. The minimum absolute atomic E-state index is 0.0285. The Hall–Kier alpha value is -1.58. The summed E-state index contributed by atoms with van der Waals surface area (Å²) in [6.45, 7) is 0.934. The number of anilines is 1. The average molecular weight is 205 g/mol. The van der Waals surface area contributed by atoms with E-state index in [1.54, 1.807) is 19.4 Å². The van der Waals surface area contributed by atoms with Crippen LogP contribution in [0.2, 0.25) is 0 Å². The molecule has 1 fully saturated rings. The zero-order valence-corrected chi connectivity index (χ0v) is 8.81. The van der Waals surface area contributed by atoms with Crippen molar-refractivity contribution in [2.24, 2.45) is 0 Å². The van der Waals surface area contributed by atoms with Crippen LogP contribution in [0.4, 0.5) is 5.69 Å². The second-order valence-electron chi connectivity index (χ2n) is 3.68. The van der Waals surface area contributed by atoms with Gasteiger partial charge in [0.1, 0.15) is 6.04 Å². The standard InChI is InChI=1S/C11H15N3O/c1-12-11(15)10-5-3-7-14(10)9-4-2-6-13-8-9/h2,4,6,8,10H,3,5,7H2,1H3,(H,12,15). The van der Waals surface area contributed by atoms with Crippen LogP contribution in [0.5, 0.6) is 0 Å². The highest BCUT2D eigenvalue weighted by Gasteiger charge is 2.29. The van der Waals surface area contributed by atoms with Crippen LogP contribution in [-0.2, 0) is 4.79 Å². The van der Waals surface area contributed by atoms with Crippen molar-refractivity contribution in [3.05, 3.63) is 24.5 Å². The van der Waals surface area contributed by atoms with Crippen LogP contribution < -0.4 is 10.2 Å². The molecule has 0 bridgehead atoms. The highest BCUT2D eigenvalue weighted by molar-refractivity contribution is 5.85. The Labute approximate surface area is 89.3 Å². The lowest BCUT2D eigenvalue weighted by molar-refractivity contribution is -0.121. The summed E-state index contributed by atoms with van der Waals surface area (Å²) in [5.41, 5.74) is 1.03. The molecule has 0 aliphatic carbocycles. The SMILES string of the molecule is CNC(=O)C1CCCN1c1cccnc1. The van der Waals surface area contributed by atoms with Gasteiger partial charge in [-0.1, -0.05) is 0 Å². The largest absolute Gasteiger partial charge is 0.358 e. The average Bonchev–Trinajstić information content (AvgIpc) is 2.78. The maximum absolute atomic E-state index is 11.6. The van der Waals surface area contributed by atoms with E-state index in [0.717, 1.165) is 25.1 Å². The van der Waals surface area contributed by atoms with Gasteiger partial charge in [-0.15, -0.1) is 0 Å². The maximum Gasteiger partial charge on any atom is 0.242 e. The molecule has 1 aromatic heterocycles. The number of pyridine rings is 1. The Morgan fingerprint density at radius 2 is 2.53 bits per heavy atom. The Morgan fingerprint density at radius 3 is 3.20 bits per heavy atom. The minimum atomic E-state index is -0.0285. The summed E-state index contributed by atoms with van der Waals surface area (Å²) >= 11 is 0. The van der Waals surface area contributed by atoms with Crippen molar-refractivity contribution in [3.8, 4) is 0 Å². The summed E-state index contributed by atoms with van der Waals surface area (Å²) in [5, 5.41) is 2.71. The molecule has 1 saturated heterocycles. The third-order valence-corrected chi connectivity index (χ3v) is 2.78. The van der Waals surface area contributed by atoms with Crippen LogP contribution in [0.25, 0.3) is 0 Å². The highest BCUT2D eigenvalue weighted by Crippen LogP contribution is 2.24. The Morgan fingerprint density at radius 1 is 1.67 bits per heavy atom. The molecule has 2 heterocycles. The Bertz CT molecular complexity index is 339. The van der Waals surface area contributed by atoms with E-state index in [0.29, 0.717) is 0 Å².